The number of hydrogen-bond donors (Lipinski definition) is 1. The summed E-state index contributed by atoms with van der Waals surface area (Å²) in [7, 11) is 0. The van der Waals surface area contributed by atoms with Gasteiger partial charge >= 0.3 is 0 Å². The van der Waals surface area contributed by atoms with Crippen molar-refractivity contribution in [3.05, 3.63) is 11.8 Å². The molecule has 0 aliphatic carbocycles. The van der Waals surface area contributed by atoms with E-state index in [1.165, 1.54) is 0 Å². The summed E-state index contributed by atoms with van der Waals surface area (Å²) in [5, 5.41) is 11.6. The van der Waals surface area contributed by atoms with Gasteiger partial charge in [0.2, 0.25) is 11.8 Å². The lowest BCUT2D eigenvalue weighted by molar-refractivity contribution is 0.399. The summed E-state index contributed by atoms with van der Waals surface area (Å²) in [4.78, 5) is 0. The predicted molar refractivity (Wildman–Crippen MR) is 69.1 cm³/mol. The van der Waals surface area contributed by atoms with E-state index >= 15 is 0 Å². The predicted octanol–water partition coefficient (Wildman–Crippen LogP) is 2.90. The second-order valence-electron chi connectivity index (χ2n) is 4.76. The van der Waals surface area contributed by atoms with Crippen LogP contribution in [0.4, 0.5) is 0 Å². The minimum absolute atomic E-state index is 0.421. The lowest BCUT2D eigenvalue weighted by atomic mass is 10.0. The molecular formula is C13H25N3O. The van der Waals surface area contributed by atoms with Crippen LogP contribution in [0.2, 0.25) is 0 Å². The van der Waals surface area contributed by atoms with Gasteiger partial charge in [-0.2, -0.15) is 0 Å². The van der Waals surface area contributed by atoms with Crippen molar-refractivity contribution in [2.75, 3.05) is 6.54 Å². The van der Waals surface area contributed by atoms with E-state index in [0.29, 0.717) is 12.0 Å². The van der Waals surface area contributed by atoms with Crippen LogP contribution < -0.4 is 5.32 Å². The van der Waals surface area contributed by atoms with Gasteiger partial charge in [0.15, 0.2) is 0 Å². The molecule has 0 aliphatic rings. The van der Waals surface area contributed by atoms with E-state index in [9.17, 15) is 0 Å². The Morgan fingerprint density at radius 1 is 1.18 bits per heavy atom. The number of aryl methyl sites for hydroxylation is 1. The lowest BCUT2D eigenvalue weighted by Crippen LogP contribution is -2.23. The molecule has 1 aromatic heterocycles. The molecule has 0 aromatic carbocycles. The molecule has 98 valence electrons. The van der Waals surface area contributed by atoms with Crippen molar-refractivity contribution in [3.63, 3.8) is 0 Å². The number of nitrogens with one attached hydrogen (secondary N) is 1. The highest BCUT2D eigenvalue weighted by Crippen LogP contribution is 2.21. The molecule has 0 unspecified atom stereocenters. The van der Waals surface area contributed by atoms with Gasteiger partial charge in [-0.3, -0.25) is 0 Å². The van der Waals surface area contributed by atoms with Gasteiger partial charge in [-0.1, -0.05) is 27.7 Å². The first kappa shape index (κ1) is 14.2. The normalized spacial score (nSPS) is 11.6. The van der Waals surface area contributed by atoms with Crippen molar-refractivity contribution in [1.82, 2.24) is 15.5 Å². The molecule has 0 aliphatic heterocycles. The van der Waals surface area contributed by atoms with Gasteiger partial charge in [-0.05, 0) is 25.8 Å². The first-order chi connectivity index (χ1) is 8.17. The van der Waals surface area contributed by atoms with E-state index in [0.717, 1.165) is 44.0 Å². The molecule has 0 saturated heterocycles. The van der Waals surface area contributed by atoms with Crippen molar-refractivity contribution in [2.45, 2.75) is 65.3 Å². The molecule has 0 atom stereocenters. The maximum atomic E-state index is 5.68. The van der Waals surface area contributed by atoms with Gasteiger partial charge < -0.3 is 9.73 Å². The fourth-order valence-electron chi connectivity index (χ4n) is 1.80. The topological polar surface area (TPSA) is 51.0 Å². The first-order valence-electron chi connectivity index (χ1n) is 6.73. The summed E-state index contributed by atoms with van der Waals surface area (Å²) >= 11 is 0. The SMILES string of the molecule is CCC(CC)c1nnc(CCCNC(C)C)o1. The Labute approximate surface area is 104 Å². The third-order valence-corrected chi connectivity index (χ3v) is 2.94. The van der Waals surface area contributed by atoms with Gasteiger partial charge in [-0.15, -0.1) is 10.2 Å². The van der Waals surface area contributed by atoms with Crippen LogP contribution in [0.15, 0.2) is 4.42 Å². The second-order valence-corrected chi connectivity index (χ2v) is 4.76. The molecule has 1 N–H and O–H groups in total. The van der Waals surface area contributed by atoms with Crippen molar-refractivity contribution in [3.8, 4) is 0 Å². The summed E-state index contributed by atoms with van der Waals surface area (Å²) in [5.41, 5.74) is 0. The monoisotopic (exact) mass is 239 g/mol. The van der Waals surface area contributed by atoms with E-state index in [-0.39, 0.29) is 0 Å². The van der Waals surface area contributed by atoms with Crippen LogP contribution in [-0.4, -0.2) is 22.8 Å². The van der Waals surface area contributed by atoms with E-state index in [2.05, 4.69) is 43.2 Å². The van der Waals surface area contributed by atoms with E-state index in [4.69, 9.17) is 4.42 Å². The van der Waals surface area contributed by atoms with Crippen molar-refractivity contribution in [2.24, 2.45) is 0 Å². The molecule has 4 heteroatoms. The van der Waals surface area contributed by atoms with Crippen LogP contribution in [-0.2, 0) is 6.42 Å². The summed E-state index contributed by atoms with van der Waals surface area (Å²) in [6.07, 6.45) is 4.04. The fourth-order valence-corrected chi connectivity index (χ4v) is 1.80. The maximum Gasteiger partial charge on any atom is 0.219 e. The Hall–Kier alpha value is -0.900. The lowest BCUT2D eigenvalue weighted by Gasteiger charge is -2.06. The molecule has 1 rings (SSSR count). The zero-order valence-electron chi connectivity index (χ0n) is 11.5. The molecule has 0 radical (unpaired) electrons. The minimum Gasteiger partial charge on any atom is -0.425 e. The average molecular weight is 239 g/mol. The van der Waals surface area contributed by atoms with Gasteiger partial charge in [0, 0.05) is 18.4 Å². The standard InChI is InChI=1S/C13H25N3O/c1-5-11(6-2)13-16-15-12(17-13)8-7-9-14-10(3)4/h10-11,14H,5-9H2,1-4H3. The molecule has 4 nitrogen and oxygen atoms in total. The van der Waals surface area contributed by atoms with Crippen LogP contribution in [0.3, 0.4) is 0 Å². The van der Waals surface area contributed by atoms with E-state index < -0.39 is 0 Å². The molecule has 1 aromatic rings. The van der Waals surface area contributed by atoms with Crippen LogP contribution >= 0.6 is 0 Å². The van der Waals surface area contributed by atoms with Crippen LogP contribution in [0.1, 0.15) is 64.7 Å². The van der Waals surface area contributed by atoms with Crippen molar-refractivity contribution < 1.29 is 4.42 Å². The highest BCUT2D eigenvalue weighted by atomic mass is 16.4. The Morgan fingerprint density at radius 3 is 2.47 bits per heavy atom. The molecule has 0 spiro atoms. The smallest absolute Gasteiger partial charge is 0.219 e. The Balaban J connectivity index is 2.35. The second kappa shape index (κ2) is 7.43. The largest absolute Gasteiger partial charge is 0.425 e. The molecule has 0 fully saturated rings. The molecule has 1 heterocycles. The summed E-state index contributed by atoms with van der Waals surface area (Å²) in [6.45, 7) is 9.62. The molecular weight excluding hydrogens is 214 g/mol. The summed E-state index contributed by atoms with van der Waals surface area (Å²) in [6, 6.07) is 0.540. The van der Waals surface area contributed by atoms with Crippen LogP contribution in [0.25, 0.3) is 0 Å². The van der Waals surface area contributed by atoms with Gasteiger partial charge in [0.05, 0.1) is 0 Å². The third kappa shape index (κ3) is 4.86. The Kier molecular flexibility index (Phi) is 6.19. The van der Waals surface area contributed by atoms with Gasteiger partial charge in [0.25, 0.3) is 0 Å². The molecule has 0 amide bonds. The molecule has 0 saturated carbocycles. The van der Waals surface area contributed by atoms with Crippen molar-refractivity contribution in [1.29, 1.82) is 0 Å². The molecule has 0 bridgehead atoms. The maximum absolute atomic E-state index is 5.68. The van der Waals surface area contributed by atoms with Crippen LogP contribution in [0, 0.1) is 0 Å². The highest BCUT2D eigenvalue weighted by Gasteiger charge is 2.14. The van der Waals surface area contributed by atoms with E-state index in [1.54, 1.807) is 0 Å². The number of aromatic nitrogens is 2. The molecule has 17 heavy (non-hydrogen) atoms. The Morgan fingerprint density at radius 2 is 1.88 bits per heavy atom. The zero-order valence-corrected chi connectivity index (χ0v) is 11.5. The number of nitrogens with zero attached hydrogens (tertiary/aromatic N) is 2. The van der Waals surface area contributed by atoms with E-state index in [1.807, 2.05) is 0 Å². The average Bonchev–Trinajstić information content (AvgIpc) is 2.75. The van der Waals surface area contributed by atoms with Gasteiger partial charge in [-0.25, -0.2) is 0 Å². The summed E-state index contributed by atoms with van der Waals surface area (Å²) < 4.78 is 5.68. The van der Waals surface area contributed by atoms with Crippen molar-refractivity contribution >= 4 is 0 Å². The minimum atomic E-state index is 0.421. The zero-order chi connectivity index (χ0) is 12.7. The first-order valence-corrected chi connectivity index (χ1v) is 6.73. The number of rotatable bonds is 8. The van der Waals surface area contributed by atoms with Crippen LogP contribution in [0.5, 0.6) is 0 Å². The van der Waals surface area contributed by atoms with Gasteiger partial charge in [0.1, 0.15) is 0 Å². The summed E-state index contributed by atoms with van der Waals surface area (Å²) in [5.74, 6) is 2.00. The highest BCUT2D eigenvalue weighted by molar-refractivity contribution is 4.90. The quantitative estimate of drug-likeness (QED) is 0.709. The third-order valence-electron chi connectivity index (χ3n) is 2.94. The Bertz CT molecular complexity index is 305. The number of hydrogen-bond acceptors (Lipinski definition) is 4. The fraction of sp³-hybridized carbons (Fsp3) is 0.846.